The fourth-order valence-electron chi connectivity index (χ4n) is 3.77. The molecule has 0 saturated carbocycles. The normalized spacial score (nSPS) is 17.5. The van der Waals surface area contributed by atoms with E-state index >= 15 is 0 Å². The largest absolute Gasteiger partial charge is 0.481 e. The van der Waals surface area contributed by atoms with Gasteiger partial charge >= 0.3 is 18.2 Å². The summed E-state index contributed by atoms with van der Waals surface area (Å²) in [6.07, 6.45) is -4.92. The molecule has 188 valence electrons. The second kappa shape index (κ2) is 10.6. The van der Waals surface area contributed by atoms with Gasteiger partial charge < -0.3 is 14.7 Å². The zero-order valence-electron chi connectivity index (χ0n) is 18.8. The van der Waals surface area contributed by atoms with E-state index in [1.54, 1.807) is 31.2 Å². The summed E-state index contributed by atoms with van der Waals surface area (Å²) in [5.74, 6) is -1.45. The van der Waals surface area contributed by atoms with Crippen molar-refractivity contribution in [3.8, 4) is 5.75 Å². The highest BCUT2D eigenvalue weighted by Crippen LogP contribution is 2.35. The molecule has 0 radical (unpaired) electrons. The number of carboxylic acids is 1. The Kier molecular flexibility index (Phi) is 7.94. The highest BCUT2D eigenvalue weighted by molar-refractivity contribution is 6.30. The Labute approximate surface area is 205 Å². The topological polar surface area (TPSA) is 87.2 Å². The number of carbonyl (C=O) groups excluding carboxylic acids is 2. The maximum atomic E-state index is 13.5. The first-order valence-electron chi connectivity index (χ1n) is 10.8. The molecule has 1 saturated heterocycles. The zero-order valence-corrected chi connectivity index (χ0v) is 19.6. The average molecular weight is 513 g/mol. The summed E-state index contributed by atoms with van der Waals surface area (Å²) in [7, 11) is 0. The Morgan fingerprint density at radius 3 is 2.26 bits per heavy atom. The Hall–Kier alpha value is -3.27. The zero-order chi connectivity index (χ0) is 25.8. The van der Waals surface area contributed by atoms with Gasteiger partial charge in [-0.3, -0.25) is 14.5 Å². The highest BCUT2D eigenvalue weighted by Gasteiger charge is 2.52. The molecule has 1 aliphatic rings. The van der Waals surface area contributed by atoms with E-state index in [4.69, 9.17) is 21.4 Å². The maximum absolute atomic E-state index is 13.5. The van der Waals surface area contributed by atoms with Crippen molar-refractivity contribution in [3.05, 3.63) is 64.7 Å². The molecule has 0 aromatic heterocycles. The summed E-state index contributed by atoms with van der Waals surface area (Å²) in [4.78, 5) is 39.9. The van der Waals surface area contributed by atoms with Gasteiger partial charge in [-0.25, -0.2) is 4.79 Å². The highest BCUT2D eigenvalue weighted by atomic mass is 35.5. The third kappa shape index (κ3) is 6.45. The first kappa shape index (κ1) is 26.3. The lowest BCUT2D eigenvalue weighted by Crippen LogP contribution is -2.68. The van der Waals surface area contributed by atoms with Crippen LogP contribution in [0.4, 0.5) is 18.0 Å². The van der Waals surface area contributed by atoms with Gasteiger partial charge in [0.15, 0.2) is 0 Å². The number of hydrogen-bond acceptors (Lipinski definition) is 4. The molecule has 1 atom stereocenters. The van der Waals surface area contributed by atoms with Gasteiger partial charge in [0.1, 0.15) is 11.3 Å². The number of benzene rings is 2. The number of halogens is 4. The molecule has 1 fully saturated rings. The Morgan fingerprint density at radius 2 is 1.74 bits per heavy atom. The van der Waals surface area contributed by atoms with Gasteiger partial charge in [-0.1, -0.05) is 23.7 Å². The lowest BCUT2D eigenvalue weighted by atomic mass is 9.85. The van der Waals surface area contributed by atoms with Crippen molar-refractivity contribution in [2.75, 3.05) is 13.1 Å². The van der Waals surface area contributed by atoms with Gasteiger partial charge in [0, 0.05) is 31.1 Å². The second-order valence-electron chi connectivity index (χ2n) is 8.42. The number of rotatable bonds is 8. The van der Waals surface area contributed by atoms with Crippen molar-refractivity contribution in [3.63, 3.8) is 0 Å². The van der Waals surface area contributed by atoms with Crippen LogP contribution in [-0.2, 0) is 22.3 Å². The SMILES string of the molecule is CC1(C(=O)N(CCCC(=O)O)Cc2ccc(Cl)cc2)CCN1C(=O)Oc1ccc(C(F)(F)F)cc1. The van der Waals surface area contributed by atoms with Crippen LogP contribution in [0, 0.1) is 0 Å². The molecule has 0 spiro atoms. The van der Waals surface area contributed by atoms with Crippen LogP contribution in [-0.4, -0.2) is 51.5 Å². The molecule has 1 unspecified atom stereocenters. The number of likely N-dealkylation sites (tertiary alicyclic amines) is 1. The predicted molar refractivity (Wildman–Crippen MR) is 121 cm³/mol. The number of carboxylic acid groups (broad SMARTS) is 1. The number of amides is 2. The minimum Gasteiger partial charge on any atom is -0.481 e. The number of hydrogen-bond donors (Lipinski definition) is 1. The molecular formula is C24H24ClF3N2O5. The van der Waals surface area contributed by atoms with Crippen molar-refractivity contribution in [2.45, 2.75) is 44.4 Å². The van der Waals surface area contributed by atoms with E-state index in [0.29, 0.717) is 11.4 Å². The Bertz CT molecular complexity index is 1080. The van der Waals surface area contributed by atoms with Crippen LogP contribution in [0.15, 0.2) is 48.5 Å². The van der Waals surface area contributed by atoms with E-state index < -0.39 is 29.3 Å². The van der Waals surface area contributed by atoms with Gasteiger partial charge in [-0.2, -0.15) is 13.2 Å². The molecule has 2 amide bonds. The van der Waals surface area contributed by atoms with Gasteiger partial charge in [0.05, 0.1) is 5.56 Å². The molecule has 1 aliphatic heterocycles. The quantitative estimate of drug-likeness (QED) is 0.524. The van der Waals surface area contributed by atoms with Crippen LogP contribution in [0.5, 0.6) is 5.75 Å². The minimum absolute atomic E-state index is 0.0795. The maximum Gasteiger partial charge on any atom is 0.416 e. The number of aliphatic carboxylic acids is 1. The molecule has 11 heteroatoms. The summed E-state index contributed by atoms with van der Waals surface area (Å²) >= 11 is 5.93. The number of carbonyl (C=O) groups is 3. The van der Waals surface area contributed by atoms with E-state index in [-0.39, 0.29) is 44.1 Å². The number of ether oxygens (including phenoxy) is 1. The van der Waals surface area contributed by atoms with Crippen LogP contribution in [0.2, 0.25) is 5.02 Å². The first-order valence-corrected chi connectivity index (χ1v) is 11.2. The van der Waals surface area contributed by atoms with E-state index in [1.807, 2.05) is 0 Å². The van der Waals surface area contributed by atoms with Gasteiger partial charge in [0.25, 0.3) is 0 Å². The van der Waals surface area contributed by atoms with Gasteiger partial charge in [0.2, 0.25) is 5.91 Å². The van der Waals surface area contributed by atoms with Crippen molar-refractivity contribution in [1.29, 1.82) is 0 Å². The molecule has 2 aromatic rings. The van der Waals surface area contributed by atoms with E-state index in [2.05, 4.69) is 0 Å². The van der Waals surface area contributed by atoms with E-state index in [0.717, 1.165) is 29.8 Å². The van der Waals surface area contributed by atoms with Crippen molar-refractivity contribution in [1.82, 2.24) is 9.80 Å². The van der Waals surface area contributed by atoms with Gasteiger partial charge in [-0.05, 0) is 61.7 Å². The third-order valence-electron chi connectivity index (χ3n) is 5.88. The predicted octanol–water partition coefficient (Wildman–Crippen LogP) is 5.22. The van der Waals surface area contributed by atoms with Crippen LogP contribution >= 0.6 is 11.6 Å². The van der Waals surface area contributed by atoms with Crippen molar-refractivity contribution >= 4 is 29.6 Å². The lowest BCUT2D eigenvalue weighted by molar-refractivity contribution is -0.150. The van der Waals surface area contributed by atoms with E-state index in [1.165, 1.54) is 9.80 Å². The third-order valence-corrected chi connectivity index (χ3v) is 6.13. The molecule has 0 bridgehead atoms. The Balaban J connectivity index is 1.72. The van der Waals surface area contributed by atoms with Crippen LogP contribution < -0.4 is 4.74 Å². The molecule has 2 aromatic carbocycles. The first-order chi connectivity index (χ1) is 16.4. The molecule has 1 N–H and O–H groups in total. The van der Waals surface area contributed by atoms with Crippen LogP contribution in [0.25, 0.3) is 0 Å². The Morgan fingerprint density at radius 1 is 1.11 bits per heavy atom. The molecular weight excluding hydrogens is 489 g/mol. The monoisotopic (exact) mass is 512 g/mol. The lowest BCUT2D eigenvalue weighted by Gasteiger charge is -2.49. The number of alkyl halides is 3. The molecule has 7 nitrogen and oxygen atoms in total. The number of nitrogens with zero attached hydrogens (tertiary/aromatic N) is 2. The summed E-state index contributed by atoms with van der Waals surface area (Å²) in [5, 5.41) is 9.50. The summed E-state index contributed by atoms with van der Waals surface area (Å²) in [6, 6.07) is 10.5. The summed E-state index contributed by atoms with van der Waals surface area (Å²) < 4.78 is 43.5. The fraction of sp³-hybridized carbons (Fsp3) is 0.375. The van der Waals surface area contributed by atoms with Crippen LogP contribution in [0.1, 0.15) is 37.3 Å². The fourth-order valence-corrected chi connectivity index (χ4v) is 3.89. The minimum atomic E-state index is -4.51. The second-order valence-corrected chi connectivity index (χ2v) is 8.85. The molecule has 3 rings (SSSR count). The summed E-state index contributed by atoms with van der Waals surface area (Å²) in [5.41, 5.74) is -1.33. The smallest absolute Gasteiger partial charge is 0.416 e. The van der Waals surface area contributed by atoms with Crippen molar-refractivity contribution < 1.29 is 37.4 Å². The van der Waals surface area contributed by atoms with E-state index in [9.17, 15) is 27.6 Å². The standard InChI is InChI=1S/C24H24ClF3N2O5/c1-23(12-14-30(23)22(34)35-19-10-6-17(7-11-19)24(26,27)28)21(33)29(13-2-3-20(31)32)15-16-4-8-18(25)9-5-16/h4-11H,2-3,12-15H2,1H3,(H,31,32). The van der Waals surface area contributed by atoms with Gasteiger partial charge in [-0.15, -0.1) is 0 Å². The van der Waals surface area contributed by atoms with Crippen LogP contribution in [0.3, 0.4) is 0 Å². The molecule has 1 heterocycles. The average Bonchev–Trinajstić information content (AvgIpc) is 2.77. The molecule has 35 heavy (non-hydrogen) atoms. The molecule has 0 aliphatic carbocycles. The summed E-state index contributed by atoms with van der Waals surface area (Å²) in [6.45, 7) is 2.16. The van der Waals surface area contributed by atoms with Crippen molar-refractivity contribution in [2.24, 2.45) is 0 Å².